The van der Waals surface area contributed by atoms with Crippen molar-refractivity contribution in [1.29, 1.82) is 0 Å². The molecule has 1 N–H and O–H groups in total. The molecular formula is C16H21ClN2O2. The number of nitro benzene ring substituents is 1. The summed E-state index contributed by atoms with van der Waals surface area (Å²) in [5.41, 5.74) is 0.814. The van der Waals surface area contributed by atoms with Gasteiger partial charge in [-0.25, -0.2) is 0 Å². The Morgan fingerprint density at radius 1 is 1.43 bits per heavy atom. The summed E-state index contributed by atoms with van der Waals surface area (Å²) >= 11 is 5.96. The van der Waals surface area contributed by atoms with E-state index in [0.29, 0.717) is 23.2 Å². The molecule has 0 aliphatic heterocycles. The standard InChI is InChI=1S/C16H21ClN2O2/c1-10(15-7-11-2-3-12(15)6-11)18-9-13-8-14(17)4-5-16(13)19(20)21/h4-5,8,10-12,15,18H,2-3,6-7,9H2,1H3. The number of benzene rings is 1. The van der Waals surface area contributed by atoms with Crippen LogP contribution in [0.4, 0.5) is 5.69 Å². The van der Waals surface area contributed by atoms with E-state index in [0.717, 1.165) is 17.8 Å². The predicted molar refractivity (Wildman–Crippen MR) is 83.3 cm³/mol. The number of nitrogens with one attached hydrogen (secondary N) is 1. The first kappa shape index (κ1) is 14.8. The monoisotopic (exact) mass is 308 g/mol. The highest BCUT2D eigenvalue weighted by Gasteiger charge is 2.41. The van der Waals surface area contributed by atoms with E-state index in [1.807, 2.05) is 0 Å². The van der Waals surface area contributed by atoms with Gasteiger partial charge < -0.3 is 5.32 Å². The second-order valence-corrected chi connectivity index (χ2v) is 6.97. The van der Waals surface area contributed by atoms with Crippen molar-refractivity contribution in [1.82, 2.24) is 5.32 Å². The van der Waals surface area contributed by atoms with Gasteiger partial charge in [-0.2, -0.15) is 0 Å². The van der Waals surface area contributed by atoms with Gasteiger partial charge in [-0.05, 0) is 56.1 Å². The third kappa shape index (κ3) is 3.06. The average Bonchev–Trinajstić information content (AvgIpc) is 3.07. The zero-order valence-electron chi connectivity index (χ0n) is 12.2. The summed E-state index contributed by atoms with van der Waals surface area (Å²) in [7, 11) is 0. The maximum atomic E-state index is 11.1. The van der Waals surface area contributed by atoms with E-state index in [-0.39, 0.29) is 10.6 Å². The highest BCUT2D eigenvalue weighted by molar-refractivity contribution is 6.30. The van der Waals surface area contributed by atoms with Crippen LogP contribution in [0.15, 0.2) is 18.2 Å². The topological polar surface area (TPSA) is 55.2 Å². The van der Waals surface area contributed by atoms with Crippen LogP contribution in [0.1, 0.15) is 38.2 Å². The van der Waals surface area contributed by atoms with Gasteiger partial charge in [-0.3, -0.25) is 10.1 Å². The first-order valence-electron chi connectivity index (χ1n) is 7.71. The Kier molecular flexibility index (Phi) is 4.18. The highest BCUT2D eigenvalue weighted by atomic mass is 35.5. The molecule has 2 fully saturated rings. The molecule has 2 saturated carbocycles. The van der Waals surface area contributed by atoms with Gasteiger partial charge in [0.15, 0.2) is 0 Å². The van der Waals surface area contributed by atoms with E-state index in [1.54, 1.807) is 12.1 Å². The number of rotatable bonds is 5. The fourth-order valence-electron chi connectivity index (χ4n) is 4.20. The summed E-state index contributed by atoms with van der Waals surface area (Å²) in [5.74, 6) is 2.50. The Hall–Kier alpha value is -1.13. The Bertz CT molecular complexity index is 549. The average molecular weight is 309 g/mol. The van der Waals surface area contributed by atoms with Crippen molar-refractivity contribution in [2.75, 3.05) is 0 Å². The lowest BCUT2D eigenvalue weighted by Crippen LogP contribution is -2.36. The molecule has 4 unspecified atom stereocenters. The number of hydrogen-bond acceptors (Lipinski definition) is 3. The number of fused-ring (bicyclic) bond motifs is 2. The Labute approximate surface area is 130 Å². The summed E-state index contributed by atoms with van der Waals surface area (Å²) in [6.45, 7) is 2.72. The molecule has 4 nitrogen and oxygen atoms in total. The second-order valence-electron chi connectivity index (χ2n) is 6.54. The second kappa shape index (κ2) is 5.93. The molecule has 0 spiro atoms. The largest absolute Gasteiger partial charge is 0.310 e. The summed E-state index contributed by atoms with van der Waals surface area (Å²) in [4.78, 5) is 10.7. The Balaban J connectivity index is 1.64. The molecule has 0 aromatic heterocycles. The van der Waals surface area contributed by atoms with E-state index >= 15 is 0 Å². The summed E-state index contributed by atoms with van der Waals surface area (Å²) in [6, 6.07) is 5.16. The Morgan fingerprint density at radius 3 is 2.86 bits per heavy atom. The van der Waals surface area contributed by atoms with Crippen LogP contribution in [0.2, 0.25) is 5.02 Å². The normalized spacial score (nSPS) is 28.8. The molecule has 4 atom stereocenters. The van der Waals surface area contributed by atoms with Crippen molar-refractivity contribution < 1.29 is 4.92 Å². The Morgan fingerprint density at radius 2 is 2.24 bits per heavy atom. The zero-order chi connectivity index (χ0) is 15.0. The first-order chi connectivity index (χ1) is 10.0. The molecule has 1 aromatic rings. The van der Waals surface area contributed by atoms with Gasteiger partial charge in [0.1, 0.15) is 0 Å². The fraction of sp³-hybridized carbons (Fsp3) is 0.625. The van der Waals surface area contributed by atoms with Crippen LogP contribution in [-0.4, -0.2) is 11.0 Å². The van der Waals surface area contributed by atoms with Gasteiger partial charge in [0.05, 0.1) is 4.92 Å². The third-order valence-corrected chi connectivity index (χ3v) is 5.52. The smallest absolute Gasteiger partial charge is 0.273 e. The summed E-state index contributed by atoms with van der Waals surface area (Å²) < 4.78 is 0. The quantitative estimate of drug-likeness (QED) is 0.656. The summed E-state index contributed by atoms with van der Waals surface area (Å²) in [5, 5.41) is 15.1. The molecule has 2 aliphatic carbocycles. The zero-order valence-corrected chi connectivity index (χ0v) is 13.0. The molecule has 0 radical (unpaired) electrons. The van der Waals surface area contributed by atoms with Crippen molar-refractivity contribution in [3.8, 4) is 0 Å². The van der Waals surface area contributed by atoms with Crippen LogP contribution >= 0.6 is 11.6 Å². The lowest BCUT2D eigenvalue weighted by atomic mass is 9.84. The van der Waals surface area contributed by atoms with Crippen LogP contribution in [0.5, 0.6) is 0 Å². The maximum Gasteiger partial charge on any atom is 0.273 e. The van der Waals surface area contributed by atoms with Gasteiger partial charge in [-0.15, -0.1) is 0 Å². The minimum absolute atomic E-state index is 0.145. The first-order valence-corrected chi connectivity index (χ1v) is 8.08. The van der Waals surface area contributed by atoms with Crippen LogP contribution in [-0.2, 0) is 6.54 Å². The molecule has 114 valence electrons. The molecule has 21 heavy (non-hydrogen) atoms. The lowest BCUT2D eigenvalue weighted by Gasteiger charge is -2.28. The SMILES string of the molecule is CC(NCc1cc(Cl)ccc1[N+](=O)[O-])C1CC2CCC1C2. The van der Waals surface area contributed by atoms with E-state index in [4.69, 9.17) is 11.6 Å². The number of halogens is 1. The van der Waals surface area contributed by atoms with E-state index in [9.17, 15) is 10.1 Å². The maximum absolute atomic E-state index is 11.1. The van der Waals surface area contributed by atoms with Gasteiger partial charge in [0.25, 0.3) is 5.69 Å². The van der Waals surface area contributed by atoms with Crippen molar-refractivity contribution in [2.45, 2.75) is 45.2 Å². The minimum Gasteiger partial charge on any atom is -0.310 e. The highest BCUT2D eigenvalue weighted by Crippen LogP contribution is 2.49. The molecule has 0 heterocycles. The fourth-order valence-corrected chi connectivity index (χ4v) is 4.40. The molecule has 2 aliphatic rings. The molecule has 2 bridgehead atoms. The molecule has 3 rings (SSSR count). The van der Waals surface area contributed by atoms with Crippen LogP contribution < -0.4 is 5.32 Å². The van der Waals surface area contributed by atoms with E-state index in [1.165, 1.54) is 31.7 Å². The molecule has 1 aromatic carbocycles. The summed E-state index contributed by atoms with van der Waals surface area (Å²) in [6.07, 6.45) is 5.46. The van der Waals surface area contributed by atoms with Crippen molar-refractivity contribution in [3.63, 3.8) is 0 Å². The van der Waals surface area contributed by atoms with E-state index in [2.05, 4.69) is 12.2 Å². The van der Waals surface area contributed by atoms with Gasteiger partial charge in [0, 0.05) is 29.2 Å². The molecular weight excluding hydrogens is 288 g/mol. The van der Waals surface area contributed by atoms with Crippen molar-refractivity contribution >= 4 is 17.3 Å². The van der Waals surface area contributed by atoms with Gasteiger partial charge in [0.2, 0.25) is 0 Å². The third-order valence-electron chi connectivity index (χ3n) is 5.29. The van der Waals surface area contributed by atoms with Crippen LogP contribution in [0.3, 0.4) is 0 Å². The van der Waals surface area contributed by atoms with Crippen LogP contribution in [0, 0.1) is 27.9 Å². The minimum atomic E-state index is -0.338. The van der Waals surface area contributed by atoms with Crippen molar-refractivity contribution in [3.05, 3.63) is 38.9 Å². The van der Waals surface area contributed by atoms with Crippen LogP contribution in [0.25, 0.3) is 0 Å². The number of hydrogen-bond donors (Lipinski definition) is 1. The molecule has 0 amide bonds. The lowest BCUT2D eigenvalue weighted by molar-refractivity contribution is -0.385. The van der Waals surface area contributed by atoms with E-state index < -0.39 is 0 Å². The van der Waals surface area contributed by atoms with Gasteiger partial charge in [-0.1, -0.05) is 18.0 Å². The molecule has 0 saturated heterocycles. The predicted octanol–water partition coefficient (Wildman–Crippen LogP) is 4.16. The number of nitrogens with zero attached hydrogens (tertiary/aromatic N) is 1. The number of nitro groups is 1. The van der Waals surface area contributed by atoms with Gasteiger partial charge >= 0.3 is 0 Å². The molecule has 5 heteroatoms. The van der Waals surface area contributed by atoms with Crippen molar-refractivity contribution in [2.24, 2.45) is 17.8 Å².